The minimum Gasteiger partial charge on any atom is -0.350 e. The SMILES string of the molecule is CCCc1nsc(N(C)CC(C)CNC)n1. The zero-order valence-electron chi connectivity index (χ0n) is 10.7. The second kappa shape index (κ2) is 6.81. The Balaban J connectivity index is 2.48. The summed E-state index contributed by atoms with van der Waals surface area (Å²) in [5, 5.41) is 4.22. The van der Waals surface area contributed by atoms with E-state index in [1.807, 2.05) is 7.05 Å². The molecule has 0 aliphatic rings. The average Bonchev–Trinajstić information content (AvgIpc) is 2.67. The van der Waals surface area contributed by atoms with Crippen molar-refractivity contribution in [3.05, 3.63) is 5.82 Å². The Morgan fingerprint density at radius 1 is 1.50 bits per heavy atom. The van der Waals surface area contributed by atoms with Crippen LogP contribution in [-0.4, -0.2) is 36.5 Å². The van der Waals surface area contributed by atoms with E-state index < -0.39 is 0 Å². The standard InChI is InChI=1S/C11H22N4S/c1-5-6-10-13-11(16-14-10)15(4)8-9(2)7-12-3/h9,12H,5-8H2,1-4H3. The zero-order chi connectivity index (χ0) is 12.0. The molecule has 0 spiro atoms. The van der Waals surface area contributed by atoms with Crippen molar-refractivity contribution < 1.29 is 0 Å². The van der Waals surface area contributed by atoms with Crippen molar-refractivity contribution in [3.63, 3.8) is 0 Å². The topological polar surface area (TPSA) is 41.1 Å². The second-order valence-electron chi connectivity index (χ2n) is 4.29. The summed E-state index contributed by atoms with van der Waals surface area (Å²) < 4.78 is 4.35. The number of rotatable bonds is 7. The van der Waals surface area contributed by atoms with Crippen molar-refractivity contribution in [1.29, 1.82) is 0 Å². The first-order chi connectivity index (χ1) is 7.67. The van der Waals surface area contributed by atoms with Gasteiger partial charge in [-0.2, -0.15) is 4.37 Å². The first-order valence-corrected chi connectivity index (χ1v) is 6.63. The van der Waals surface area contributed by atoms with Gasteiger partial charge < -0.3 is 10.2 Å². The molecule has 0 saturated carbocycles. The van der Waals surface area contributed by atoms with Gasteiger partial charge in [-0.25, -0.2) is 4.98 Å². The van der Waals surface area contributed by atoms with Gasteiger partial charge in [-0.05, 0) is 25.9 Å². The van der Waals surface area contributed by atoms with Gasteiger partial charge in [-0.15, -0.1) is 0 Å². The predicted octanol–water partition coefficient (Wildman–Crippen LogP) is 1.78. The van der Waals surface area contributed by atoms with Gasteiger partial charge in [0.1, 0.15) is 5.82 Å². The average molecular weight is 242 g/mol. The molecule has 5 heteroatoms. The van der Waals surface area contributed by atoms with Gasteiger partial charge in [-0.3, -0.25) is 0 Å². The zero-order valence-corrected chi connectivity index (χ0v) is 11.5. The van der Waals surface area contributed by atoms with Gasteiger partial charge >= 0.3 is 0 Å². The fourth-order valence-electron chi connectivity index (χ4n) is 1.68. The summed E-state index contributed by atoms with van der Waals surface area (Å²) in [5.41, 5.74) is 0. The molecule has 0 saturated heterocycles. The molecule has 4 nitrogen and oxygen atoms in total. The molecular weight excluding hydrogens is 220 g/mol. The van der Waals surface area contributed by atoms with Crippen LogP contribution in [0.4, 0.5) is 5.13 Å². The van der Waals surface area contributed by atoms with E-state index in [1.165, 1.54) is 11.5 Å². The Hall–Kier alpha value is -0.680. The van der Waals surface area contributed by atoms with Crippen molar-refractivity contribution in [2.75, 3.05) is 32.1 Å². The Kier molecular flexibility index (Phi) is 5.69. The van der Waals surface area contributed by atoms with Crippen LogP contribution in [0.3, 0.4) is 0 Å². The Bertz CT molecular complexity index is 300. The maximum atomic E-state index is 4.53. The van der Waals surface area contributed by atoms with E-state index in [2.05, 4.69) is 40.5 Å². The Labute approximate surface area is 102 Å². The predicted molar refractivity (Wildman–Crippen MR) is 70.3 cm³/mol. The lowest BCUT2D eigenvalue weighted by molar-refractivity contribution is 0.542. The molecular formula is C11H22N4S. The first kappa shape index (κ1) is 13.4. The van der Waals surface area contributed by atoms with E-state index in [1.54, 1.807) is 0 Å². The molecule has 0 aromatic carbocycles. The van der Waals surface area contributed by atoms with Gasteiger partial charge in [0, 0.05) is 31.5 Å². The van der Waals surface area contributed by atoms with Crippen molar-refractivity contribution in [1.82, 2.24) is 14.7 Å². The molecule has 1 aromatic heterocycles. The highest BCUT2D eigenvalue weighted by molar-refractivity contribution is 7.09. The monoisotopic (exact) mass is 242 g/mol. The number of nitrogens with zero attached hydrogens (tertiary/aromatic N) is 3. The van der Waals surface area contributed by atoms with Crippen LogP contribution in [0.2, 0.25) is 0 Å². The maximum Gasteiger partial charge on any atom is 0.204 e. The fraction of sp³-hybridized carbons (Fsp3) is 0.818. The smallest absolute Gasteiger partial charge is 0.204 e. The third-order valence-corrected chi connectivity index (χ3v) is 3.26. The fourth-order valence-corrected chi connectivity index (χ4v) is 2.36. The summed E-state index contributed by atoms with van der Waals surface area (Å²) in [6.07, 6.45) is 2.09. The van der Waals surface area contributed by atoms with Crippen LogP contribution >= 0.6 is 11.5 Å². The van der Waals surface area contributed by atoms with E-state index in [0.717, 1.165) is 36.9 Å². The van der Waals surface area contributed by atoms with Crippen LogP contribution in [0, 0.1) is 5.92 Å². The number of anilines is 1. The quantitative estimate of drug-likeness (QED) is 0.791. The van der Waals surface area contributed by atoms with E-state index >= 15 is 0 Å². The third kappa shape index (κ3) is 4.06. The lowest BCUT2D eigenvalue weighted by Crippen LogP contribution is -2.29. The van der Waals surface area contributed by atoms with Gasteiger partial charge in [0.05, 0.1) is 0 Å². The van der Waals surface area contributed by atoms with Crippen LogP contribution in [-0.2, 0) is 6.42 Å². The van der Waals surface area contributed by atoms with Gasteiger partial charge in [-0.1, -0.05) is 13.8 Å². The second-order valence-corrected chi connectivity index (χ2v) is 5.02. The highest BCUT2D eigenvalue weighted by Gasteiger charge is 2.11. The van der Waals surface area contributed by atoms with Crippen LogP contribution in [0.15, 0.2) is 0 Å². The van der Waals surface area contributed by atoms with E-state index in [-0.39, 0.29) is 0 Å². The molecule has 1 heterocycles. The molecule has 1 N–H and O–H groups in total. The summed E-state index contributed by atoms with van der Waals surface area (Å²) in [5.74, 6) is 1.60. The largest absolute Gasteiger partial charge is 0.350 e. The van der Waals surface area contributed by atoms with Crippen LogP contribution < -0.4 is 10.2 Å². The Morgan fingerprint density at radius 2 is 2.25 bits per heavy atom. The van der Waals surface area contributed by atoms with E-state index in [4.69, 9.17) is 0 Å². The molecule has 16 heavy (non-hydrogen) atoms. The minimum atomic E-state index is 0.619. The number of nitrogens with one attached hydrogen (secondary N) is 1. The number of hydrogen-bond acceptors (Lipinski definition) is 5. The molecule has 1 rings (SSSR count). The molecule has 0 fully saturated rings. The molecule has 0 bridgehead atoms. The molecule has 1 unspecified atom stereocenters. The van der Waals surface area contributed by atoms with Crippen molar-refractivity contribution >= 4 is 16.7 Å². The van der Waals surface area contributed by atoms with Gasteiger partial charge in [0.2, 0.25) is 5.13 Å². The number of hydrogen-bond donors (Lipinski definition) is 1. The third-order valence-electron chi connectivity index (χ3n) is 2.40. The molecule has 0 aliphatic heterocycles. The molecule has 1 aromatic rings. The normalized spacial score (nSPS) is 12.8. The molecule has 1 atom stereocenters. The van der Waals surface area contributed by atoms with Gasteiger partial charge in [0.15, 0.2) is 0 Å². The molecule has 0 aliphatic carbocycles. The van der Waals surface area contributed by atoms with Crippen LogP contribution in [0.1, 0.15) is 26.1 Å². The van der Waals surface area contributed by atoms with Crippen LogP contribution in [0.5, 0.6) is 0 Å². The Morgan fingerprint density at radius 3 is 2.88 bits per heavy atom. The first-order valence-electron chi connectivity index (χ1n) is 5.85. The summed E-state index contributed by atoms with van der Waals surface area (Å²) in [4.78, 5) is 6.72. The summed E-state index contributed by atoms with van der Waals surface area (Å²) >= 11 is 1.50. The van der Waals surface area contributed by atoms with Crippen molar-refractivity contribution in [2.45, 2.75) is 26.7 Å². The van der Waals surface area contributed by atoms with E-state index in [9.17, 15) is 0 Å². The lowest BCUT2D eigenvalue weighted by atomic mass is 10.2. The highest BCUT2D eigenvalue weighted by atomic mass is 32.1. The summed E-state index contributed by atoms with van der Waals surface area (Å²) in [7, 11) is 4.07. The molecule has 0 radical (unpaired) electrons. The van der Waals surface area contributed by atoms with Crippen LogP contribution in [0.25, 0.3) is 0 Å². The number of aromatic nitrogens is 2. The van der Waals surface area contributed by atoms with Crippen molar-refractivity contribution in [2.24, 2.45) is 5.92 Å². The van der Waals surface area contributed by atoms with E-state index in [0.29, 0.717) is 5.92 Å². The lowest BCUT2D eigenvalue weighted by Gasteiger charge is -2.19. The number of aryl methyl sites for hydroxylation is 1. The van der Waals surface area contributed by atoms with Gasteiger partial charge in [0.25, 0.3) is 0 Å². The van der Waals surface area contributed by atoms with Crippen molar-refractivity contribution in [3.8, 4) is 0 Å². The maximum absolute atomic E-state index is 4.53. The molecule has 92 valence electrons. The minimum absolute atomic E-state index is 0.619. The summed E-state index contributed by atoms with van der Waals surface area (Å²) in [6.45, 7) is 6.44. The summed E-state index contributed by atoms with van der Waals surface area (Å²) in [6, 6.07) is 0. The molecule has 0 amide bonds. The highest BCUT2D eigenvalue weighted by Crippen LogP contribution is 2.17.